The molecule has 1 saturated heterocycles. The summed E-state index contributed by atoms with van der Waals surface area (Å²) in [6.07, 6.45) is 5.76. The van der Waals surface area contributed by atoms with E-state index in [2.05, 4.69) is 78.3 Å². The molecule has 7 heteroatoms. The summed E-state index contributed by atoms with van der Waals surface area (Å²) < 4.78 is 2.24. The molecule has 1 aliphatic heterocycles. The van der Waals surface area contributed by atoms with E-state index >= 15 is 0 Å². The Labute approximate surface area is 199 Å². The molecule has 33 heavy (non-hydrogen) atoms. The Morgan fingerprint density at radius 1 is 0.909 bits per heavy atom. The highest BCUT2D eigenvalue weighted by Crippen LogP contribution is 2.40. The number of nitrogens with zero attached hydrogens (tertiary/aromatic N) is 5. The van der Waals surface area contributed by atoms with Crippen molar-refractivity contribution in [2.45, 2.75) is 18.6 Å². The Bertz CT molecular complexity index is 1220. The average molecular weight is 455 g/mol. The van der Waals surface area contributed by atoms with Crippen molar-refractivity contribution >= 4 is 23.0 Å². The SMILES string of the molecule is CN(C)c1ccc(-n2cccc2[C@H]2[C@@H](c3ccccn3)NC(=S)N2Cc2ccccn2)cc1. The van der Waals surface area contributed by atoms with Crippen LogP contribution in [-0.2, 0) is 6.54 Å². The minimum Gasteiger partial charge on any atom is -0.378 e. The van der Waals surface area contributed by atoms with Crippen LogP contribution in [0.4, 0.5) is 5.69 Å². The van der Waals surface area contributed by atoms with Gasteiger partial charge in [0.1, 0.15) is 0 Å². The lowest BCUT2D eigenvalue weighted by atomic mass is 10.0. The third-order valence-electron chi connectivity index (χ3n) is 5.98. The maximum Gasteiger partial charge on any atom is 0.170 e. The van der Waals surface area contributed by atoms with E-state index in [1.165, 1.54) is 5.69 Å². The van der Waals surface area contributed by atoms with E-state index in [9.17, 15) is 0 Å². The quantitative estimate of drug-likeness (QED) is 0.433. The third-order valence-corrected chi connectivity index (χ3v) is 6.34. The van der Waals surface area contributed by atoms with Gasteiger partial charge in [-0.2, -0.15) is 0 Å². The standard InChI is InChI=1S/C26H26N6S/c1-30(2)20-11-13-21(14-12-20)31-17-7-10-23(31)25-24(22-9-4-6-16-28-22)29-26(33)32(25)18-19-8-3-5-15-27-19/h3-17,24-25H,18H2,1-2H3,(H,29,33)/t24-,25+/m1/s1. The molecule has 166 valence electrons. The highest BCUT2D eigenvalue weighted by atomic mass is 32.1. The van der Waals surface area contributed by atoms with Gasteiger partial charge in [-0.25, -0.2) is 0 Å². The first kappa shape index (κ1) is 21.2. The van der Waals surface area contributed by atoms with Gasteiger partial charge >= 0.3 is 0 Å². The number of nitrogens with one attached hydrogen (secondary N) is 1. The highest BCUT2D eigenvalue weighted by Gasteiger charge is 2.41. The van der Waals surface area contributed by atoms with Gasteiger partial charge in [0.2, 0.25) is 0 Å². The van der Waals surface area contributed by atoms with Crippen molar-refractivity contribution in [1.29, 1.82) is 0 Å². The maximum atomic E-state index is 5.82. The molecule has 0 radical (unpaired) electrons. The molecule has 4 aromatic rings. The molecule has 1 aliphatic rings. The van der Waals surface area contributed by atoms with Crippen molar-refractivity contribution in [2.75, 3.05) is 19.0 Å². The molecule has 0 unspecified atom stereocenters. The molecular formula is C26H26N6S. The van der Waals surface area contributed by atoms with Crippen LogP contribution >= 0.6 is 12.2 Å². The van der Waals surface area contributed by atoms with Gasteiger partial charge < -0.3 is 19.7 Å². The van der Waals surface area contributed by atoms with Crippen LogP contribution in [0.3, 0.4) is 0 Å². The van der Waals surface area contributed by atoms with Crippen LogP contribution in [0.1, 0.15) is 29.2 Å². The lowest BCUT2D eigenvalue weighted by Crippen LogP contribution is -2.30. The van der Waals surface area contributed by atoms with E-state index in [0.29, 0.717) is 11.7 Å². The number of benzene rings is 1. The van der Waals surface area contributed by atoms with E-state index < -0.39 is 0 Å². The van der Waals surface area contributed by atoms with Crippen molar-refractivity contribution in [3.63, 3.8) is 0 Å². The van der Waals surface area contributed by atoms with Gasteiger partial charge in [0.05, 0.1) is 30.0 Å². The molecule has 3 aromatic heterocycles. The Balaban J connectivity index is 1.57. The van der Waals surface area contributed by atoms with Crippen LogP contribution in [0, 0.1) is 0 Å². The second-order valence-electron chi connectivity index (χ2n) is 8.29. The predicted molar refractivity (Wildman–Crippen MR) is 135 cm³/mol. The zero-order valence-corrected chi connectivity index (χ0v) is 19.5. The zero-order valence-electron chi connectivity index (χ0n) is 18.7. The molecule has 1 fully saturated rings. The van der Waals surface area contributed by atoms with Crippen LogP contribution in [0.5, 0.6) is 0 Å². The molecule has 0 amide bonds. The van der Waals surface area contributed by atoms with E-state index in [1.807, 2.05) is 56.8 Å². The number of rotatable bonds is 6. The summed E-state index contributed by atoms with van der Waals surface area (Å²) in [5.74, 6) is 0. The predicted octanol–water partition coefficient (Wildman–Crippen LogP) is 4.51. The Morgan fingerprint density at radius 2 is 1.67 bits per heavy atom. The summed E-state index contributed by atoms with van der Waals surface area (Å²) in [5, 5.41) is 4.23. The second-order valence-corrected chi connectivity index (χ2v) is 8.68. The first-order valence-corrected chi connectivity index (χ1v) is 11.4. The molecule has 4 heterocycles. The van der Waals surface area contributed by atoms with E-state index in [-0.39, 0.29) is 12.1 Å². The number of thiocarbonyl (C=S) groups is 1. The van der Waals surface area contributed by atoms with Crippen LogP contribution < -0.4 is 10.2 Å². The number of hydrogen-bond acceptors (Lipinski definition) is 4. The molecule has 0 bridgehead atoms. The number of hydrogen-bond donors (Lipinski definition) is 1. The Kier molecular flexibility index (Phi) is 5.79. The van der Waals surface area contributed by atoms with E-state index in [1.54, 1.807) is 0 Å². The second kappa shape index (κ2) is 9.03. The number of anilines is 1. The maximum absolute atomic E-state index is 5.82. The molecule has 2 atom stereocenters. The Morgan fingerprint density at radius 3 is 2.33 bits per heavy atom. The monoisotopic (exact) mass is 454 g/mol. The smallest absolute Gasteiger partial charge is 0.170 e. The molecule has 0 spiro atoms. The number of pyridine rings is 2. The van der Waals surface area contributed by atoms with E-state index in [0.717, 1.165) is 22.8 Å². The summed E-state index contributed by atoms with van der Waals surface area (Å²) in [6.45, 7) is 0.616. The van der Waals surface area contributed by atoms with Crippen LogP contribution in [-0.4, -0.2) is 38.6 Å². The molecule has 1 aromatic carbocycles. The van der Waals surface area contributed by atoms with Crippen LogP contribution in [0.15, 0.2) is 91.4 Å². The molecule has 0 saturated carbocycles. The van der Waals surface area contributed by atoms with Crippen LogP contribution in [0.2, 0.25) is 0 Å². The lowest BCUT2D eigenvalue weighted by Gasteiger charge is -2.28. The summed E-state index contributed by atoms with van der Waals surface area (Å²) in [4.78, 5) is 13.5. The lowest BCUT2D eigenvalue weighted by molar-refractivity contribution is 0.299. The minimum atomic E-state index is -0.0721. The van der Waals surface area contributed by atoms with Crippen molar-refractivity contribution in [2.24, 2.45) is 0 Å². The van der Waals surface area contributed by atoms with Crippen molar-refractivity contribution < 1.29 is 0 Å². The molecule has 0 aliphatic carbocycles. The largest absolute Gasteiger partial charge is 0.378 e. The Hall–Kier alpha value is -3.71. The highest BCUT2D eigenvalue weighted by molar-refractivity contribution is 7.80. The fourth-order valence-corrected chi connectivity index (χ4v) is 4.65. The summed E-state index contributed by atoms with van der Waals surface area (Å²) in [6, 6.07) is 24.7. The van der Waals surface area contributed by atoms with Crippen molar-refractivity contribution in [3.05, 3.63) is 108 Å². The van der Waals surface area contributed by atoms with E-state index in [4.69, 9.17) is 12.2 Å². The fraction of sp³-hybridized carbons (Fsp3) is 0.192. The molecular weight excluding hydrogens is 428 g/mol. The molecule has 5 rings (SSSR count). The van der Waals surface area contributed by atoms with Crippen molar-refractivity contribution in [3.8, 4) is 5.69 Å². The van der Waals surface area contributed by atoms with Crippen LogP contribution in [0.25, 0.3) is 5.69 Å². The third kappa shape index (κ3) is 4.19. The van der Waals surface area contributed by atoms with Gasteiger partial charge in [-0.05, 0) is 72.9 Å². The van der Waals surface area contributed by atoms with Gasteiger partial charge in [-0.3, -0.25) is 9.97 Å². The zero-order chi connectivity index (χ0) is 22.8. The van der Waals surface area contributed by atoms with Crippen molar-refractivity contribution in [1.82, 2.24) is 24.8 Å². The fourth-order valence-electron chi connectivity index (χ4n) is 4.35. The summed E-state index contributed by atoms with van der Waals surface area (Å²) >= 11 is 5.82. The summed E-state index contributed by atoms with van der Waals surface area (Å²) in [5.41, 5.74) is 5.35. The topological polar surface area (TPSA) is 49.2 Å². The first-order chi connectivity index (χ1) is 16.1. The number of aromatic nitrogens is 3. The average Bonchev–Trinajstić information content (AvgIpc) is 3.45. The van der Waals surface area contributed by atoms with Gasteiger partial charge in [0.15, 0.2) is 5.11 Å². The van der Waals surface area contributed by atoms with Gasteiger partial charge in [-0.15, -0.1) is 0 Å². The normalized spacial score (nSPS) is 17.8. The minimum absolute atomic E-state index is 0.0436. The first-order valence-electron chi connectivity index (χ1n) is 10.9. The summed E-state index contributed by atoms with van der Waals surface area (Å²) in [7, 11) is 4.10. The van der Waals surface area contributed by atoms with Gasteiger partial charge in [-0.1, -0.05) is 12.1 Å². The van der Waals surface area contributed by atoms with Gasteiger partial charge in [0.25, 0.3) is 0 Å². The van der Waals surface area contributed by atoms with Gasteiger partial charge in [0, 0.05) is 49.8 Å². The molecule has 6 nitrogen and oxygen atoms in total. The molecule has 1 N–H and O–H groups in total.